The van der Waals surface area contributed by atoms with Crippen molar-refractivity contribution >= 4 is 5.97 Å². The van der Waals surface area contributed by atoms with Gasteiger partial charge in [0.2, 0.25) is 0 Å². The standard InChI is InChI=1S/C8H12N2O2/c1-6(2)5-12-8(11)7(3-9)4-10/h3,6H,5,9H2,1-2H3. The van der Waals surface area contributed by atoms with Gasteiger partial charge in [-0.25, -0.2) is 4.79 Å². The molecule has 2 N–H and O–H groups in total. The summed E-state index contributed by atoms with van der Waals surface area (Å²) in [6.45, 7) is 4.12. The summed E-state index contributed by atoms with van der Waals surface area (Å²) < 4.78 is 4.74. The Bertz CT molecular complexity index is 226. The van der Waals surface area contributed by atoms with Crippen LogP contribution in [0.3, 0.4) is 0 Å². The zero-order valence-corrected chi connectivity index (χ0v) is 7.20. The first-order chi connectivity index (χ1) is 5.61. The number of hydrogen-bond acceptors (Lipinski definition) is 4. The number of rotatable bonds is 3. The van der Waals surface area contributed by atoms with Gasteiger partial charge in [0.05, 0.1) is 6.61 Å². The fourth-order valence-corrected chi connectivity index (χ4v) is 0.471. The van der Waals surface area contributed by atoms with Gasteiger partial charge in [0.25, 0.3) is 0 Å². The van der Waals surface area contributed by atoms with E-state index < -0.39 is 5.97 Å². The maximum atomic E-state index is 10.9. The Balaban J connectivity index is 3.98. The number of nitrogens with two attached hydrogens (primary N) is 1. The Morgan fingerprint density at radius 1 is 1.75 bits per heavy atom. The minimum atomic E-state index is -0.659. The Morgan fingerprint density at radius 2 is 2.33 bits per heavy atom. The van der Waals surface area contributed by atoms with E-state index in [2.05, 4.69) is 0 Å². The topological polar surface area (TPSA) is 76.1 Å². The maximum absolute atomic E-state index is 10.9. The van der Waals surface area contributed by atoms with Gasteiger partial charge in [0.1, 0.15) is 6.07 Å². The van der Waals surface area contributed by atoms with Crippen molar-refractivity contribution in [3.63, 3.8) is 0 Å². The zero-order chi connectivity index (χ0) is 9.56. The van der Waals surface area contributed by atoms with Crippen molar-refractivity contribution in [3.8, 4) is 6.07 Å². The molecule has 12 heavy (non-hydrogen) atoms. The highest BCUT2D eigenvalue weighted by molar-refractivity contribution is 5.92. The molecule has 0 aliphatic carbocycles. The van der Waals surface area contributed by atoms with Crippen LogP contribution in [0.4, 0.5) is 0 Å². The third-order valence-corrected chi connectivity index (χ3v) is 1.05. The molecular weight excluding hydrogens is 156 g/mol. The van der Waals surface area contributed by atoms with Crippen molar-refractivity contribution in [1.82, 2.24) is 0 Å². The number of carbonyl (C=O) groups excluding carboxylic acids is 1. The highest BCUT2D eigenvalue weighted by atomic mass is 16.5. The molecule has 0 bridgehead atoms. The molecule has 0 atom stereocenters. The monoisotopic (exact) mass is 168 g/mol. The first-order valence-electron chi connectivity index (χ1n) is 3.61. The molecule has 0 aromatic rings. The molecule has 0 aliphatic heterocycles. The molecule has 0 saturated carbocycles. The van der Waals surface area contributed by atoms with Crippen molar-refractivity contribution in [3.05, 3.63) is 11.8 Å². The van der Waals surface area contributed by atoms with Gasteiger partial charge in [-0.2, -0.15) is 5.26 Å². The average molecular weight is 168 g/mol. The van der Waals surface area contributed by atoms with Crippen molar-refractivity contribution in [2.24, 2.45) is 11.7 Å². The van der Waals surface area contributed by atoms with E-state index in [9.17, 15) is 4.79 Å². The molecule has 0 spiro atoms. The van der Waals surface area contributed by atoms with Crippen LogP contribution in [0.25, 0.3) is 0 Å². The van der Waals surface area contributed by atoms with Crippen LogP contribution in [0.1, 0.15) is 13.8 Å². The van der Waals surface area contributed by atoms with E-state index in [0.717, 1.165) is 6.20 Å². The molecule has 0 fully saturated rings. The van der Waals surface area contributed by atoms with E-state index in [1.807, 2.05) is 13.8 Å². The molecule has 4 heteroatoms. The van der Waals surface area contributed by atoms with Crippen molar-refractivity contribution in [1.29, 1.82) is 5.26 Å². The summed E-state index contributed by atoms with van der Waals surface area (Å²) >= 11 is 0. The first-order valence-corrected chi connectivity index (χ1v) is 3.61. The maximum Gasteiger partial charge on any atom is 0.350 e. The van der Waals surface area contributed by atoms with Gasteiger partial charge in [0.15, 0.2) is 5.57 Å². The Kier molecular flexibility index (Phi) is 4.54. The fraction of sp³-hybridized carbons (Fsp3) is 0.500. The minimum Gasteiger partial charge on any atom is -0.461 e. The largest absolute Gasteiger partial charge is 0.461 e. The summed E-state index contributed by atoms with van der Waals surface area (Å²) in [7, 11) is 0. The highest BCUT2D eigenvalue weighted by Gasteiger charge is 2.09. The Labute approximate surface area is 71.6 Å². The van der Waals surface area contributed by atoms with Gasteiger partial charge < -0.3 is 10.5 Å². The van der Waals surface area contributed by atoms with Crippen LogP contribution in [0, 0.1) is 17.2 Å². The normalized spacial score (nSPS) is 11.0. The molecule has 0 unspecified atom stereocenters. The molecule has 0 aliphatic rings. The number of nitriles is 1. The third kappa shape index (κ3) is 3.62. The van der Waals surface area contributed by atoms with Gasteiger partial charge >= 0.3 is 5.97 Å². The second-order valence-electron chi connectivity index (χ2n) is 2.68. The number of esters is 1. The van der Waals surface area contributed by atoms with E-state index in [0.29, 0.717) is 6.61 Å². The first kappa shape index (κ1) is 10.5. The lowest BCUT2D eigenvalue weighted by atomic mass is 10.2. The molecule has 0 saturated heterocycles. The van der Waals surface area contributed by atoms with Gasteiger partial charge in [-0.3, -0.25) is 0 Å². The smallest absolute Gasteiger partial charge is 0.350 e. The predicted octanol–water partition coefficient (Wildman–Crippen LogP) is 0.552. The number of carbonyl (C=O) groups is 1. The van der Waals surface area contributed by atoms with Crippen LogP contribution in [0.15, 0.2) is 11.8 Å². The summed E-state index contributed by atoms with van der Waals surface area (Å²) in [5, 5.41) is 8.36. The summed E-state index contributed by atoms with van der Waals surface area (Å²) in [6, 6.07) is 1.64. The van der Waals surface area contributed by atoms with Gasteiger partial charge in [0, 0.05) is 6.20 Å². The summed E-state index contributed by atoms with van der Waals surface area (Å²) in [4.78, 5) is 10.9. The molecule has 66 valence electrons. The van der Waals surface area contributed by atoms with E-state index in [1.165, 1.54) is 0 Å². The summed E-state index contributed by atoms with van der Waals surface area (Å²) in [5.74, 6) is -0.402. The Morgan fingerprint density at radius 3 is 2.67 bits per heavy atom. The number of ether oxygens (including phenoxy) is 1. The van der Waals surface area contributed by atoms with Crippen LogP contribution in [0.5, 0.6) is 0 Å². The van der Waals surface area contributed by atoms with E-state index in [4.69, 9.17) is 15.7 Å². The molecule has 0 aromatic carbocycles. The number of nitrogens with zero attached hydrogens (tertiary/aromatic N) is 1. The third-order valence-electron chi connectivity index (χ3n) is 1.05. The zero-order valence-electron chi connectivity index (χ0n) is 7.20. The van der Waals surface area contributed by atoms with Crippen LogP contribution >= 0.6 is 0 Å². The molecule has 0 aromatic heterocycles. The van der Waals surface area contributed by atoms with E-state index in [1.54, 1.807) is 6.07 Å². The molecule has 0 heterocycles. The van der Waals surface area contributed by atoms with E-state index >= 15 is 0 Å². The summed E-state index contributed by atoms with van der Waals surface area (Å²) in [5.41, 5.74) is 4.85. The molecular formula is C8H12N2O2. The van der Waals surface area contributed by atoms with Crippen LogP contribution in [-0.4, -0.2) is 12.6 Å². The molecule has 0 radical (unpaired) electrons. The predicted molar refractivity (Wildman–Crippen MR) is 43.7 cm³/mol. The van der Waals surface area contributed by atoms with Crippen molar-refractivity contribution < 1.29 is 9.53 Å². The fourth-order valence-electron chi connectivity index (χ4n) is 0.471. The lowest BCUT2D eigenvalue weighted by Gasteiger charge is -2.04. The summed E-state index contributed by atoms with van der Waals surface area (Å²) in [6.07, 6.45) is 0.947. The second-order valence-corrected chi connectivity index (χ2v) is 2.68. The van der Waals surface area contributed by atoms with E-state index in [-0.39, 0.29) is 11.5 Å². The van der Waals surface area contributed by atoms with Crippen LogP contribution in [0.2, 0.25) is 0 Å². The van der Waals surface area contributed by atoms with Crippen LogP contribution < -0.4 is 5.73 Å². The SMILES string of the molecule is CC(C)COC(=O)C(C#N)=CN. The minimum absolute atomic E-state index is 0.157. The number of hydrogen-bond donors (Lipinski definition) is 1. The van der Waals surface area contributed by atoms with Gasteiger partial charge in [-0.15, -0.1) is 0 Å². The molecule has 0 amide bonds. The van der Waals surface area contributed by atoms with Crippen molar-refractivity contribution in [2.45, 2.75) is 13.8 Å². The molecule has 4 nitrogen and oxygen atoms in total. The lowest BCUT2D eigenvalue weighted by Crippen LogP contribution is -2.12. The molecule has 0 rings (SSSR count). The van der Waals surface area contributed by atoms with Crippen molar-refractivity contribution in [2.75, 3.05) is 6.61 Å². The van der Waals surface area contributed by atoms with Gasteiger partial charge in [-0.05, 0) is 5.92 Å². The quantitative estimate of drug-likeness (QED) is 0.379. The Hall–Kier alpha value is -1.50. The van der Waals surface area contributed by atoms with Crippen LogP contribution in [-0.2, 0) is 9.53 Å². The average Bonchev–Trinajstić information content (AvgIpc) is 2.03. The highest BCUT2D eigenvalue weighted by Crippen LogP contribution is 1.98. The second kappa shape index (κ2) is 5.19. The lowest BCUT2D eigenvalue weighted by molar-refractivity contribution is -0.139. The van der Waals surface area contributed by atoms with Gasteiger partial charge in [-0.1, -0.05) is 13.8 Å².